The van der Waals surface area contributed by atoms with Gasteiger partial charge in [-0.05, 0) is 49.7 Å². The van der Waals surface area contributed by atoms with Crippen molar-refractivity contribution in [3.63, 3.8) is 0 Å². The average molecular weight is 371 g/mol. The van der Waals surface area contributed by atoms with E-state index in [1.165, 1.54) is 4.68 Å². The Labute approximate surface area is 161 Å². The lowest BCUT2D eigenvalue weighted by atomic mass is 10.2. The number of carbonyl (C=O) groups is 1. The second-order valence-corrected chi connectivity index (χ2v) is 6.16. The first-order chi connectivity index (χ1) is 13.6. The van der Waals surface area contributed by atoms with Gasteiger partial charge in [0.1, 0.15) is 17.2 Å². The predicted molar refractivity (Wildman–Crippen MR) is 104 cm³/mol. The fourth-order valence-corrected chi connectivity index (χ4v) is 2.65. The fourth-order valence-electron chi connectivity index (χ4n) is 2.65. The van der Waals surface area contributed by atoms with Crippen molar-refractivity contribution in [3.05, 3.63) is 78.1 Å². The van der Waals surface area contributed by atoms with Gasteiger partial charge >= 0.3 is 0 Å². The maximum absolute atomic E-state index is 12.7. The number of hydrogen-bond donors (Lipinski definition) is 1. The Hall–Kier alpha value is -3.94. The second kappa shape index (κ2) is 7.36. The van der Waals surface area contributed by atoms with Gasteiger partial charge in [0, 0.05) is 18.1 Å². The number of nitrogens with zero attached hydrogens (tertiary/aromatic N) is 6. The molecule has 0 radical (unpaired) electrons. The first-order valence-corrected chi connectivity index (χ1v) is 8.65. The van der Waals surface area contributed by atoms with Gasteiger partial charge in [-0.15, -0.1) is 0 Å². The molecule has 8 nitrogen and oxygen atoms in total. The van der Waals surface area contributed by atoms with Gasteiger partial charge in [0.25, 0.3) is 5.91 Å². The standard InChI is InChI=1S/C20H17N7O/c1-13-5-6-16(24-14(13)2)19-22-10-8-18(25-19)26-20(28)17-7-11-23-27(17)15-4-3-9-21-12-15/h3-12H,1-2H3,(H,22,25,26,28). The molecule has 0 aliphatic heterocycles. The van der Waals surface area contributed by atoms with Crippen molar-refractivity contribution in [2.75, 3.05) is 5.32 Å². The summed E-state index contributed by atoms with van der Waals surface area (Å²) in [5, 5.41) is 7.00. The Kier molecular flexibility index (Phi) is 4.59. The Bertz CT molecular complexity index is 1140. The molecule has 1 N–H and O–H groups in total. The predicted octanol–water partition coefficient (Wildman–Crippen LogP) is 2.99. The average Bonchev–Trinajstić information content (AvgIpc) is 3.21. The summed E-state index contributed by atoms with van der Waals surface area (Å²) in [6.45, 7) is 3.93. The van der Waals surface area contributed by atoms with E-state index in [0.29, 0.717) is 28.7 Å². The highest BCUT2D eigenvalue weighted by Gasteiger charge is 2.15. The van der Waals surface area contributed by atoms with Crippen LogP contribution in [0.25, 0.3) is 17.2 Å². The van der Waals surface area contributed by atoms with Crippen LogP contribution in [0.2, 0.25) is 0 Å². The van der Waals surface area contributed by atoms with Crippen LogP contribution in [0, 0.1) is 13.8 Å². The summed E-state index contributed by atoms with van der Waals surface area (Å²) in [6.07, 6.45) is 6.45. The van der Waals surface area contributed by atoms with E-state index in [1.807, 2.05) is 32.0 Å². The van der Waals surface area contributed by atoms with Crippen molar-refractivity contribution in [2.24, 2.45) is 0 Å². The number of amides is 1. The van der Waals surface area contributed by atoms with Crippen molar-refractivity contribution >= 4 is 11.7 Å². The number of hydrogen-bond acceptors (Lipinski definition) is 6. The Morgan fingerprint density at radius 1 is 1.00 bits per heavy atom. The third kappa shape index (κ3) is 3.48. The third-order valence-electron chi connectivity index (χ3n) is 4.24. The molecular formula is C20H17N7O. The molecule has 0 atom stereocenters. The van der Waals surface area contributed by atoms with Crippen LogP contribution >= 0.6 is 0 Å². The van der Waals surface area contributed by atoms with Crippen molar-refractivity contribution in [2.45, 2.75) is 13.8 Å². The van der Waals surface area contributed by atoms with Gasteiger partial charge in [-0.25, -0.2) is 19.6 Å². The number of nitrogens with one attached hydrogen (secondary N) is 1. The van der Waals surface area contributed by atoms with Gasteiger partial charge in [-0.1, -0.05) is 6.07 Å². The van der Waals surface area contributed by atoms with E-state index in [2.05, 4.69) is 30.4 Å². The molecule has 8 heteroatoms. The van der Waals surface area contributed by atoms with E-state index in [0.717, 1.165) is 11.3 Å². The highest BCUT2D eigenvalue weighted by molar-refractivity contribution is 6.02. The number of anilines is 1. The Balaban J connectivity index is 1.60. The largest absolute Gasteiger partial charge is 0.305 e. The van der Waals surface area contributed by atoms with Crippen LogP contribution in [-0.2, 0) is 0 Å². The maximum Gasteiger partial charge on any atom is 0.275 e. The molecular weight excluding hydrogens is 354 g/mol. The topological polar surface area (TPSA) is 98.5 Å². The van der Waals surface area contributed by atoms with Crippen LogP contribution < -0.4 is 5.32 Å². The first-order valence-electron chi connectivity index (χ1n) is 8.65. The molecule has 138 valence electrons. The molecule has 0 spiro atoms. The second-order valence-electron chi connectivity index (χ2n) is 6.16. The summed E-state index contributed by atoms with van der Waals surface area (Å²) in [4.78, 5) is 30.0. The van der Waals surface area contributed by atoms with E-state index < -0.39 is 0 Å². The lowest BCUT2D eigenvalue weighted by Crippen LogP contribution is -2.18. The summed E-state index contributed by atoms with van der Waals surface area (Å²) in [7, 11) is 0. The van der Waals surface area contributed by atoms with Crippen LogP contribution in [0.4, 0.5) is 5.82 Å². The summed E-state index contributed by atoms with van der Waals surface area (Å²) in [6, 6.07) is 10.7. The number of pyridine rings is 2. The molecule has 1 amide bonds. The van der Waals surface area contributed by atoms with Crippen molar-refractivity contribution in [1.29, 1.82) is 0 Å². The molecule has 4 aromatic rings. The van der Waals surface area contributed by atoms with E-state index in [9.17, 15) is 4.79 Å². The van der Waals surface area contributed by atoms with Gasteiger partial charge in [0.15, 0.2) is 5.82 Å². The zero-order valence-corrected chi connectivity index (χ0v) is 15.4. The van der Waals surface area contributed by atoms with E-state index in [1.54, 1.807) is 43.0 Å². The van der Waals surface area contributed by atoms with Crippen LogP contribution in [-0.4, -0.2) is 35.6 Å². The molecule has 0 aliphatic carbocycles. The van der Waals surface area contributed by atoms with E-state index in [-0.39, 0.29) is 5.91 Å². The number of carbonyl (C=O) groups excluding carboxylic acids is 1. The summed E-state index contributed by atoms with van der Waals surface area (Å²) < 4.78 is 1.52. The molecule has 28 heavy (non-hydrogen) atoms. The Morgan fingerprint density at radius 2 is 1.89 bits per heavy atom. The minimum atomic E-state index is -0.334. The summed E-state index contributed by atoms with van der Waals surface area (Å²) in [5.41, 5.74) is 3.73. The molecule has 0 fully saturated rings. The first kappa shape index (κ1) is 17.5. The Morgan fingerprint density at radius 3 is 2.68 bits per heavy atom. The van der Waals surface area contributed by atoms with Crippen molar-refractivity contribution < 1.29 is 4.79 Å². The zero-order valence-electron chi connectivity index (χ0n) is 15.4. The van der Waals surface area contributed by atoms with Crippen LogP contribution in [0.5, 0.6) is 0 Å². The van der Waals surface area contributed by atoms with Crippen LogP contribution in [0.15, 0.2) is 61.2 Å². The highest BCUT2D eigenvalue weighted by atomic mass is 16.2. The number of aryl methyl sites for hydroxylation is 2. The quantitative estimate of drug-likeness (QED) is 0.592. The molecule has 0 bridgehead atoms. The van der Waals surface area contributed by atoms with Gasteiger partial charge < -0.3 is 5.32 Å². The van der Waals surface area contributed by atoms with Crippen molar-refractivity contribution in [1.82, 2.24) is 29.7 Å². The monoisotopic (exact) mass is 371 g/mol. The number of aromatic nitrogens is 6. The van der Waals surface area contributed by atoms with Gasteiger partial charge in [-0.3, -0.25) is 9.78 Å². The number of rotatable bonds is 4. The minimum absolute atomic E-state index is 0.334. The van der Waals surface area contributed by atoms with E-state index >= 15 is 0 Å². The molecule has 0 aliphatic rings. The lowest BCUT2D eigenvalue weighted by Gasteiger charge is -2.09. The normalized spacial score (nSPS) is 10.6. The van der Waals surface area contributed by atoms with Gasteiger partial charge in [0.2, 0.25) is 0 Å². The van der Waals surface area contributed by atoms with Gasteiger partial charge in [-0.2, -0.15) is 5.10 Å². The molecule has 0 aromatic carbocycles. The highest BCUT2D eigenvalue weighted by Crippen LogP contribution is 2.17. The molecule has 0 saturated heterocycles. The SMILES string of the molecule is Cc1ccc(-c2nccc(NC(=O)c3ccnn3-c3cccnc3)n2)nc1C. The van der Waals surface area contributed by atoms with Gasteiger partial charge in [0.05, 0.1) is 18.1 Å². The maximum atomic E-state index is 12.7. The van der Waals surface area contributed by atoms with Crippen molar-refractivity contribution in [3.8, 4) is 17.2 Å². The van der Waals surface area contributed by atoms with Crippen LogP contribution in [0.1, 0.15) is 21.7 Å². The molecule has 0 unspecified atom stereocenters. The summed E-state index contributed by atoms with van der Waals surface area (Å²) in [5.74, 6) is 0.495. The third-order valence-corrected chi connectivity index (χ3v) is 4.24. The fraction of sp³-hybridized carbons (Fsp3) is 0.100. The van der Waals surface area contributed by atoms with E-state index in [4.69, 9.17) is 0 Å². The molecule has 0 saturated carbocycles. The lowest BCUT2D eigenvalue weighted by molar-refractivity contribution is 0.101. The molecule has 4 heterocycles. The molecule has 4 aromatic heterocycles. The van der Waals surface area contributed by atoms with Crippen LogP contribution in [0.3, 0.4) is 0 Å². The molecule has 4 rings (SSSR count). The summed E-state index contributed by atoms with van der Waals surface area (Å²) >= 11 is 0. The smallest absolute Gasteiger partial charge is 0.275 e. The minimum Gasteiger partial charge on any atom is -0.305 e. The zero-order chi connectivity index (χ0) is 19.5.